The zero-order valence-corrected chi connectivity index (χ0v) is 13.3. The lowest BCUT2D eigenvalue weighted by Gasteiger charge is -2.15. The highest BCUT2D eigenvalue weighted by Crippen LogP contribution is 2.32. The highest BCUT2D eigenvalue weighted by atomic mass is 79.9. The second-order valence-corrected chi connectivity index (χ2v) is 6.18. The molecule has 0 saturated heterocycles. The predicted octanol–water partition coefficient (Wildman–Crippen LogP) is 2.96. The third-order valence-electron chi connectivity index (χ3n) is 3.45. The number of halogens is 1. The normalized spacial score (nSPS) is 14.2. The van der Waals surface area contributed by atoms with E-state index in [0.717, 1.165) is 10.2 Å². The van der Waals surface area contributed by atoms with Crippen molar-refractivity contribution in [2.45, 2.75) is 26.4 Å². The molecule has 0 saturated carbocycles. The average molecular weight is 348 g/mol. The van der Waals surface area contributed by atoms with Crippen LogP contribution in [-0.4, -0.2) is 21.5 Å². The molecule has 0 aliphatic carbocycles. The van der Waals surface area contributed by atoms with Gasteiger partial charge in [0.05, 0.1) is 23.5 Å². The Balaban J connectivity index is 1.94. The summed E-state index contributed by atoms with van der Waals surface area (Å²) < 4.78 is 2.67. The minimum absolute atomic E-state index is 0.260. The highest BCUT2D eigenvalue weighted by molar-refractivity contribution is 9.10. The minimum atomic E-state index is -0.498. The van der Waals surface area contributed by atoms with E-state index in [0.29, 0.717) is 17.8 Å². The summed E-state index contributed by atoms with van der Waals surface area (Å²) in [6, 6.07) is 7.36. The summed E-state index contributed by atoms with van der Waals surface area (Å²) in [4.78, 5) is 25.6. The molecule has 5 nitrogen and oxygen atoms in total. The molecule has 21 heavy (non-hydrogen) atoms. The van der Waals surface area contributed by atoms with Crippen molar-refractivity contribution in [3.63, 3.8) is 0 Å². The van der Waals surface area contributed by atoms with Gasteiger partial charge in [-0.1, -0.05) is 15.9 Å². The van der Waals surface area contributed by atoms with E-state index < -0.39 is 11.7 Å². The molecule has 0 bridgehead atoms. The van der Waals surface area contributed by atoms with E-state index in [1.165, 1.54) is 4.90 Å². The van der Waals surface area contributed by atoms with Crippen LogP contribution in [0.2, 0.25) is 0 Å². The zero-order valence-electron chi connectivity index (χ0n) is 11.7. The van der Waals surface area contributed by atoms with Crippen molar-refractivity contribution in [1.82, 2.24) is 9.78 Å². The van der Waals surface area contributed by atoms with E-state index >= 15 is 0 Å². The average Bonchev–Trinajstić information content (AvgIpc) is 2.99. The molecule has 1 aliphatic rings. The lowest BCUT2D eigenvalue weighted by atomic mass is 10.1. The van der Waals surface area contributed by atoms with Gasteiger partial charge in [0.1, 0.15) is 0 Å². The Morgan fingerprint density at radius 2 is 2.00 bits per heavy atom. The first-order chi connectivity index (χ1) is 9.97. The number of anilines is 1. The van der Waals surface area contributed by atoms with Crippen molar-refractivity contribution in [2.24, 2.45) is 0 Å². The van der Waals surface area contributed by atoms with Gasteiger partial charge < -0.3 is 0 Å². The molecule has 3 rings (SSSR count). The van der Waals surface area contributed by atoms with Crippen molar-refractivity contribution in [3.05, 3.63) is 46.2 Å². The Hall–Kier alpha value is -1.95. The van der Waals surface area contributed by atoms with Gasteiger partial charge in [-0.25, -0.2) is 0 Å². The van der Waals surface area contributed by atoms with Crippen molar-refractivity contribution in [1.29, 1.82) is 0 Å². The summed E-state index contributed by atoms with van der Waals surface area (Å²) in [5, 5.41) is 4.43. The van der Waals surface area contributed by atoms with Crippen LogP contribution in [0.3, 0.4) is 0 Å². The fourth-order valence-electron chi connectivity index (χ4n) is 2.34. The van der Waals surface area contributed by atoms with Crippen molar-refractivity contribution in [2.75, 3.05) is 4.90 Å². The van der Waals surface area contributed by atoms with Gasteiger partial charge in [0.15, 0.2) is 0 Å². The quantitative estimate of drug-likeness (QED) is 0.802. The number of aromatic nitrogens is 2. The first kappa shape index (κ1) is 14.0. The van der Waals surface area contributed by atoms with Gasteiger partial charge >= 0.3 is 0 Å². The Morgan fingerprint density at radius 1 is 1.24 bits per heavy atom. The molecule has 2 heterocycles. The summed E-state index contributed by atoms with van der Waals surface area (Å²) in [7, 11) is 0. The van der Waals surface area contributed by atoms with Crippen molar-refractivity contribution < 1.29 is 9.59 Å². The number of fused-ring (bicyclic) bond motifs is 1. The lowest BCUT2D eigenvalue weighted by Crippen LogP contribution is -2.29. The van der Waals surface area contributed by atoms with E-state index in [4.69, 9.17) is 0 Å². The van der Waals surface area contributed by atoms with Crippen LogP contribution < -0.4 is 4.90 Å². The van der Waals surface area contributed by atoms with Crippen LogP contribution in [0.4, 0.5) is 5.69 Å². The zero-order chi connectivity index (χ0) is 15.1. The summed E-state index contributed by atoms with van der Waals surface area (Å²) >= 11 is 3.37. The molecule has 0 atom stereocenters. The molecule has 1 aliphatic heterocycles. The van der Waals surface area contributed by atoms with Gasteiger partial charge in [-0.05, 0) is 38.1 Å². The van der Waals surface area contributed by atoms with Crippen molar-refractivity contribution in [3.8, 4) is 0 Å². The Labute approximate surface area is 130 Å². The molecule has 0 radical (unpaired) electrons. The summed E-state index contributed by atoms with van der Waals surface area (Å²) in [6.45, 7) is 4.37. The standard InChI is InChI=1S/C15H14BrN3O2/c1-9(2)19-6-5-11(17-19)8-18-13-7-10(16)3-4-12(13)14(20)15(18)21/h3-7,9H,8H2,1-2H3. The fraction of sp³-hybridized carbons (Fsp3) is 0.267. The summed E-state index contributed by atoms with van der Waals surface area (Å²) in [5.41, 5.74) is 1.85. The van der Waals surface area contributed by atoms with E-state index in [9.17, 15) is 9.59 Å². The number of carbonyl (C=O) groups excluding carboxylic acids is 2. The third kappa shape index (κ3) is 2.40. The van der Waals surface area contributed by atoms with Crippen LogP contribution in [0, 0.1) is 0 Å². The van der Waals surface area contributed by atoms with E-state index in [1.54, 1.807) is 18.2 Å². The summed E-state index contributed by atoms with van der Waals surface area (Å²) in [6.07, 6.45) is 1.88. The second-order valence-electron chi connectivity index (χ2n) is 5.26. The molecule has 6 heteroatoms. The van der Waals surface area contributed by atoms with Crippen LogP contribution in [0.1, 0.15) is 35.9 Å². The van der Waals surface area contributed by atoms with Gasteiger partial charge in [-0.3, -0.25) is 19.2 Å². The monoisotopic (exact) mass is 347 g/mol. The number of benzene rings is 1. The minimum Gasteiger partial charge on any atom is -0.299 e. The number of Topliss-reactive ketones (excluding diaryl/α,β-unsaturated/α-hetero) is 1. The van der Waals surface area contributed by atoms with Crippen LogP contribution in [-0.2, 0) is 11.3 Å². The SMILES string of the molecule is CC(C)n1ccc(CN2C(=O)C(=O)c3ccc(Br)cc32)n1. The topological polar surface area (TPSA) is 55.2 Å². The number of ketones is 1. The molecule has 1 aromatic heterocycles. The number of rotatable bonds is 3. The van der Waals surface area contributed by atoms with Crippen LogP contribution in [0.15, 0.2) is 34.9 Å². The number of amides is 1. The van der Waals surface area contributed by atoms with Gasteiger partial charge in [-0.15, -0.1) is 0 Å². The third-order valence-corrected chi connectivity index (χ3v) is 3.94. The van der Waals surface area contributed by atoms with Gasteiger partial charge in [0.25, 0.3) is 11.7 Å². The van der Waals surface area contributed by atoms with Gasteiger partial charge in [-0.2, -0.15) is 5.10 Å². The molecule has 2 aromatic rings. The maximum Gasteiger partial charge on any atom is 0.299 e. The molecular weight excluding hydrogens is 334 g/mol. The molecule has 1 aromatic carbocycles. The van der Waals surface area contributed by atoms with Crippen LogP contribution >= 0.6 is 15.9 Å². The van der Waals surface area contributed by atoms with E-state index in [-0.39, 0.29) is 6.04 Å². The fourth-order valence-corrected chi connectivity index (χ4v) is 2.68. The Morgan fingerprint density at radius 3 is 2.67 bits per heavy atom. The first-order valence-electron chi connectivity index (χ1n) is 6.67. The molecule has 108 valence electrons. The van der Waals surface area contributed by atoms with Gasteiger partial charge in [0, 0.05) is 16.7 Å². The van der Waals surface area contributed by atoms with E-state index in [2.05, 4.69) is 21.0 Å². The molecule has 1 amide bonds. The smallest absolute Gasteiger partial charge is 0.299 e. The van der Waals surface area contributed by atoms with Crippen LogP contribution in [0.5, 0.6) is 0 Å². The molecule has 0 N–H and O–H groups in total. The molecule has 0 fully saturated rings. The second kappa shape index (κ2) is 5.11. The van der Waals surface area contributed by atoms with E-state index in [1.807, 2.05) is 30.8 Å². The predicted molar refractivity (Wildman–Crippen MR) is 82.3 cm³/mol. The Bertz CT molecular complexity index is 736. The largest absolute Gasteiger partial charge is 0.299 e. The van der Waals surface area contributed by atoms with Crippen molar-refractivity contribution >= 4 is 33.3 Å². The highest BCUT2D eigenvalue weighted by Gasteiger charge is 2.36. The number of hydrogen-bond donors (Lipinski definition) is 0. The Kier molecular flexibility index (Phi) is 3.41. The molecular formula is C15H14BrN3O2. The maximum atomic E-state index is 12.1. The van der Waals surface area contributed by atoms with Crippen LogP contribution in [0.25, 0.3) is 0 Å². The molecule has 0 unspecified atom stereocenters. The number of nitrogens with zero attached hydrogens (tertiary/aromatic N) is 3. The number of hydrogen-bond acceptors (Lipinski definition) is 3. The first-order valence-corrected chi connectivity index (χ1v) is 7.46. The number of carbonyl (C=O) groups is 2. The lowest BCUT2D eigenvalue weighted by molar-refractivity contribution is -0.114. The maximum absolute atomic E-state index is 12.1. The van der Waals surface area contributed by atoms with Gasteiger partial charge in [0.2, 0.25) is 0 Å². The molecule has 0 spiro atoms. The summed E-state index contributed by atoms with van der Waals surface area (Å²) in [5.74, 6) is -0.956.